The quantitative estimate of drug-likeness (QED) is 0.483. The van der Waals surface area contributed by atoms with Crippen molar-refractivity contribution in [3.8, 4) is 5.75 Å². The van der Waals surface area contributed by atoms with Gasteiger partial charge in [-0.1, -0.05) is 78.9 Å². The van der Waals surface area contributed by atoms with Crippen molar-refractivity contribution >= 4 is 6.79 Å². The van der Waals surface area contributed by atoms with Crippen LogP contribution in [0.3, 0.4) is 0 Å². The average molecular weight is 371 g/mol. The van der Waals surface area contributed by atoms with Crippen molar-refractivity contribution in [2.75, 3.05) is 0 Å². The molecular formula is C25H38O2. The highest BCUT2D eigenvalue weighted by Gasteiger charge is 1.74. The molecule has 2 aromatic carbocycles. The molecular weight excluding hydrogens is 332 g/mol. The van der Waals surface area contributed by atoms with Gasteiger partial charge in [0.05, 0.1) is 0 Å². The van der Waals surface area contributed by atoms with E-state index in [0.29, 0.717) is 5.75 Å². The largest absolute Gasteiger partial charge is 0.508 e. The Morgan fingerprint density at radius 2 is 0.704 bits per heavy atom. The molecule has 0 radical (unpaired) electrons. The highest BCUT2D eigenvalue weighted by molar-refractivity contribution is 5.18. The first-order chi connectivity index (χ1) is 13.1. The first-order valence-corrected chi connectivity index (χ1v) is 8.37. The van der Waals surface area contributed by atoms with E-state index in [1.165, 1.54) is 0 Å². The minimum atomic E-state index is 0.322. The van der Waals surface area contributed by atoms with Gasteiger partial charge in [0.1, 0.15) is 12.5 Å². The van der Waals surface area contributed by atoms with Gasteiger partial charge in [0.25, 0.3) is 0 Å². The van der Waals surface area contributed by atoms with Crippen LogP contribution in [0.5, 0.6) is 5.75 Å². The summed E-state index contributed by atoms with van der Waals surface area (Å²) in [6.07, 6.45) is 7.00. The van der Waals surface area contributed by atoms with Gasteiger partial charge in [-0.25, -0.2) is 0 Å². The number of phenols is 1. The van der Waals surface area contributed by atoms with E-state index >= 15 is 0 Å². The molecule has 0 bridgehead atoms. The average Bonchev–Trinajstić information content (AvgIpc) is 2.69. The Labute approximate surface area is 167 Å². The molecule has 0 aliphatic rings. The van der Waals surface area contributed by atoms with Crippen LogP contribution in [0, 0.1) is 0 Å². The fourth-order valence-corrected chi connectivity index (χ4v) is 0.813. The predicted molar refractivity (Wildman–Crippen MR) is 125 cm³/mol. The molecule has 27 heavy (non-hydrogen) atoms. The number of carbonyl (C=O) groups excluding carboxylic acids is 1. The Bertz CT molecular complexity index is 425. The van der Waals surface area contributed by atoms with E-state index in [9.17, 15) is 0 Å². The molecule has 0 aliphatic heterocycles. The van der Waals surface area contributed by atoms with Crippen LogP contribution in [0.1, 0.15) is 27.7 Å². The monoisotopic (exact) mass is 370 g/mol. The van der Waals surface area contributed by atoms with Crippen LogP contribution < -0.4 is 0 Å². The van der Waals surface area contributed by atoms with Crippen LogP contribution >= 0.6 is 0 Å². The first kappa shape index (κ1) is 35.1. The van der Waals surface area contributed by atoms with Crippen LogP contribution in [-0.2, 0) is 4.79 Å². The van der Waals surface area contributed by atoms with Gasteiger partial charge in [-0.3, -0.25) is 0 Å². The van der Waals surface area contributed by atoms with E-state index < -0.39 is 0 Å². The number of phenolic OH excluding ortho intramolecular Hbond substituents is 1. The van der Waals surface area contributed by atoms with Crippen LogP contribution in [0.2, 0.25) is 0 Å². The minimum absolute atomic E-state index is 0.322. The van der Waals surface area contributed by atoms with Gasteiger partial charge in [0.15, 0.2) is 0 Å². The molecule has 2 nitrogen and oxygen atoms in total. The van der Waals surface area contributed by atoms with E-state index in [0.717, 1.165) is 0 Å². The summed E-state index contributed by atoms with van der Waals surface area (Å²) in [6, 6.07) is 20.7. The molecule has 2 rings (SSSR count). The molecule has 0 unspecified atom stereocenters. The maximum absolute atomic E-state index is 8.63. The zero-order valence-corrected chi connectivity index (χ0v) is 17.6. The molecule has 0 saturated carbocycles. The number of aromatic hydroxyl groups is 1. The third-order valence-corrected chi connectivity index (χ3v) is 1.42. The van der Waals surface area contributed by atoms with Gasteiger partial charge >= 0.3 is 0 Å². The lowest BCUT2D eigenvalue weighted by atomic mass is 10.3. The smallest absolute Gasteiger partial charge is 0.115 e. The van der Waals surface area contributed by atoms with Gasteiger partial charge in [-0.2, -0.15) is 0 Å². The fourth-order valence-electron chi connectivity index (χ4n) is 0.813. The third kappa shape index (κ3) is 84.3. The summed E-state index contributed by atoms with van der Waals surface area (Å²) in [5.74, 6) is 0.322. The summed E-state index contributed by atoms with van der Waals surface area (Å²) in [4.78, 5) is 8.00. The Morgan fingerprint density at radius 1 is 0.556 bits per heavy atom. The van der Waals surface area contributed by atoms with E-state index in [2.05, 4.69) is 26.3 Å². The molecule has 0 spiro atoms. The topological polar surface area (TPSA) is 37.3 Å². The van der Waals surface area contributed by atoms with Gasteiger partial charge < -0.3 is 9.90 Å². The van der Waals surface area contributed by atoms with Crippen LogP contribution in [0.4, 0.5) is 0 Å². The summed E-state index contributed by atoms with van der Waals surface area (Å²) < 4.78 is 0. The first-order valence-electron chi connectivity index (χ1n) is 8.37. The maximum Gasteiger partial charge on any atom is 0.115 e. The number of rotatable bonds is 0. The van der Waals surface area contributed by atoms with Crippen molar-refractivity contribution in [3.63, 3.8) is 0 Å². The minimum Gasteiger partial charge on any atom is -0.508 e. The molecule has 0 aliphatic carbocycles. The Balaban J connectivity index is -0.0000000740. The number of hydrogen-bond acceptors (Lipinski definition) is 2. The van der Waals surface area contributed by atoms with Crippen LogP contribution in [0.25, 0.3) is 0 Å². The van der Waals surface area contributed by atoms with Crippen molar-refractivity contribution in [1.82, 2.24) is 0 Å². The van der Waals surface area contributed by atoms with E-state index in [4.69, 9.17) is 9.90 Å². The number of allylic oxidation sites excluding steroid dienone is 4. The molecule has 1 N–H and O–H groups in total. The standard InChI is InChI=1S/C6H6O.C6H6.4C3H6.CH2O/c7-6-4-2-1-3-5-6;1-2-4-6-5-3-1;4*1-3-2;1-2/h1-5,7H;1-6H;4*3H,1H2,2H3;1H2. The van der Waals surface area contributed by atoms with Gasteiger partial charge in [-0.15, -0.1) is 26.3 Å². The summed E-state index contributed by atoms with van der Waals surface area (Å²) in [5, 5.41) is 8.63. The molecule has 0 fully saturated rings. The zero-order valence-electron chi connectivity index (χ0n) is 17.6. The lowest BCUT2D eigenvalue weighted by Gasteiger charge is -1.82. The zero-order chi connectivity index (χ0) is 22.2. The van der Waals surface area contributed by atoms with Crippen molar-refractivity contribution in [2.24, 2.45) is 0 Å². The normalized spacial score (nSPS) is 6.07. The van der Waals surface area contributed by atoms with Crippen molar-refractivity contribution in [1.29, 1.82) is 0 Å². The molecule has 0 atom stereocenters. The molecule has 0 amide bonds. The number of hydrogen-bond donors (Lipinski definition) is 1. The second-order valence-corrected chi connectivity index (χ2v) is 4.12. The Morgan fingerprint density at radius 3 is 0.815 bits per heavy atom. The molecule has 150 valence electrons. The van der Waals surface area contributed by atoms with Crippen LogP contribution in [0.15, 0.2) is 117 Å². The van der Waals surface area contributed by atoms with Crippen molar-refractivity contribution < 1.29 is 9.90 Å². The molecule has 0 heterocycles. The second-order valence-electron chi connectivity index (χ2n) is 4.12. The summed E-state index contributed by atoms with van der Waals surface area (Å²) in [7, 11) is 0. The highest BCUT2D eigenvalue weighted by atomic mass is 16.3. The van der Waals surface area contributed by atoms with Crippen LogP contribution in [-0.4, -0.2) is 11.9 Å². The van der Waals surface area contributed by atoms with E-state index in [-0.39, 0.29) is 0 Å². The molecule has 2 aromatic rings. The predicted octanol–water partition coefficient (Wildman–Crippen LogP) is 7.66. The lowest BCUT2D eigenvalue weighted by molar-refractivity contribution is -0.0979. The Hall–Kier alpha value is -3.13. The van der Waals surface area contributed by atoms with Crippen molar-refractivity contribution in [3.05, 3.63) is 117 Å². The molecule has 0 saturated heterocycles. The van der Waals surface area contributed by atoms with Gasteiger partial charge in [0, 0.05) is 0 Å². The van der Waals surface area contributed by atoms with E-state index in [1.807, 2.05) is 76.9 Å². The van der Waals surface area contributed by atoms with Gasteiger partial charge in [0.2, 0.25) is 0 Å². The second kappa shape index (κ2) is 49.5. The summed E-state index contributed by atoms with van der Waals surface area (Å²) in [5.41, 5.74) is 0. The SMILES string of the molecule is C=CC.C=CC.C=CC.C=CC.C=O.Oc1ccccc1.c1ccccc1. The summed E-state index contributed by atoms with van der Waals surface area (Å²) >= 11 is 0. The number of carbonyl (C=O) groups is 1. The van der Waals surface area contributed by atoms with E-state index in [1.54, 1.807) is 48.6 Å². The molecule has 0 aromatic heterocycles. The Kier molecular flexibility index (Phi) is 64.2. The molecule has 2 heteroatoms. The van der Waals surface area contributed by atoms with Gasteiger partial charge in [-0.05, 0) is 39.8 Å². The summed E-state index contributed by atoms with van der Waals surface area (Å²) in [6.45, 7) is 23.0. The number of benzene rings is 2. The highest BCUT2D eigenvalue weighted by Crippen LogP contribution is 2.02. The third-order valence-electron chi connectivity index (χ3n) is 1.42. The number of para-hydroxylation sites is 1. The fraction of sp³-hybridized carbons (Fsp3) is 0.160. The lowest BCUT2D eigenvalue weighted by Crippen LogP contribution is -1.56. The van der Waals surface area contributed by atoms with Crippen molar-refractivity contribution in [2.45, 2.75) is 27.7 Å². The maximum atomic E-state index is 8.63.